The van der Waals surface area contributed by atoms with E-state index < -0.39 is 0 Å². The molecule has 0 aliphatic carbocycles. The lowest BCUT2D eigenvalue weighted by Crippen LogP contribution is -2.12. The third kappa shape index (κ3) is 3.64. The zero-order chi connectivity index (χ0) is 14.5. The normalized spacial score (nSPS) is 10.1. The van der Waals surface area contributed by atoms with Crippen LogP contribution in [0.5, 0.6) is 0 Å². The summed E-state index contributed by atoms with van der Waals surface area (Å²) in [7, 11) is 1.32. The van der Waals surface area contributed by atoms with E-state index in [1.165, 1.54) is 18.4 Å². The van der Waals surface area contributed by atoms with Gasteiger partial charge in [0.05, 0.1) is 24.8 Å². The van der Waals surface area contributed by atoms with Crippen molar-refractivity contribution in [3.63, 3.8) is 0 Å². The molecule has 0 aliphatic rings. The van der Waals surface area contributed by atoms with Gasteiger partial charge in [0.25, 0.3) is 5.91 Å². The number of amides is 1. The summed E-state index contributed by atoms with van der Waals surface area (Å²) in [5.41, 5.74) is 1.10. The fourth-order valence-electron chi connectivity index (χ4n) is 1.48. The van der Waals surface area contributed by atoms with Crippen LogP contribution in [0, 0.1) is 0 Å². The van der Waals surface area contributed by atoms with Crippen molar-refractivity contribution in [3.05, 3.63) is 45.4 Å². The molecule has 7 heteroatoms. The molecule has 0 unspecified atom stereocenters. The molecule has 1 heterocycles. The minimum absolute atomic E-state index is 0.0951. The maximum Gasteiger partial charge on any atom is 0.311 e. The zero-order valence-corrected chi connectivity index (χ0v) is 13.0. The molecule has 0 aliphatic heterocycles. The van der Waals surface area contributed by atoms with Gasteiger partial charge >= 0.3 is 5.97 Å². The van der Waals surface area contributed by atoms with E-state index >= 15 is 0 Å². The van der Waals surface area contributed by atoms with Gasteiger partial charge in [-0.1, -0.05) is 12.1 Å². The standard InChI is InChI=1S/C13H11BrN2O3S/c1-19-11(17)6-8-7-20-13(15-8)16-12(18)9-4-2-3-5-10(9)14/h2-5,7H,6H2,1H3,(H,15,16,18). The predicted octanol–water partition coefficient (Wildman–Crippen LogP) is 2.87. The Labute approximate surface area is 128 Å². The molecule has 0 fully saturated rings. The number of hydrogen-bond donors (Lipinski definition) is 1. The van der Waals surface area contributed by atoms with Crippen molar-refractivity contribution >= 4 is 44.3 Å². The first-order valence-electron chi connectivity index (χ1n) is 5.67. The summed E-state index contributed by atoms with van der Waals surface area (Å²) >= 11 is 4.58. The number of esters is 1. The summed E-state index contributed by atoms with van der Waals surface area (Å²) in [6, 6.07) is 7.12. The Morgan fingerprint density at radius 2 is 2.15 bits per heavy atom. The Kier molecular flexibility index (Phi) is 4.86. The molecule has 1 N–H and O–H groups in total. The number of benzene rings is 1. The van der Waals surface area contributed by atoms with Crippen LogP contribution in [0.1, 0.15) is 16.1 Å². The van der Waals surface area contributed by atoms with Gasteiger partial charge in [-0.2, -0.15) is 0 Å². The quantitative estimate of drug-likeness (QED) is 0.857. The van der Waals surface area contributed by atoms with Gasteiger partial charge in [-0.15, -0.1) is 11.3 Å². The van der Waals surface area contributed by atoms with Crippen molar-refractivity contribution in [1.29, 1.82) is 0 Å². The van der Waals surface area contributed by atoms with Crippen LogP contribution < -0.4 is 5.32 Å². The average molecular weight is 355 g/mol. The molecule has 0 saturated heterocycles. The second-order valence-corrected chi connectivity index (χ2v) is 5.54. The maximum absolute atomic E-state index is 12.1. The predicted molar refractivity (Wildman–Crippen MR) is 79.9 cm³/mol. The van der Waals surface area contributed by atoms with Crippen LogP contribution in [-0.2, 0) is 16.0 Å². The van der Waals surface area contributed by atoms with E-state index in [-0.39, 0.29) is 18.3 Å². The summed E-state index contributed by atoms with van der Waals surface area (Å²) in [5, 5.41) is 4.86. The van der Waals surface area contributed by atoms with E-state index in [1.807, 2.05) is 6.07 Å². The average Bonchev–Trinajstić information content (AvgIpc) is 2.86. The van der Waals surface area contributed by atoms with Gasteiger partial charge in [0, 0.05) is 9.85 Å². The molecule has 1 aromatic carbocycles. The number of thiazole rings is 1. The summed E-state index contributed by atoms with van der Waals surface area (Å²) < 4.78 is 5.27. The molecular formula is C13H11BrN2O3S. The Hall–Kier alpha value is -1.73. The zero-order valence-electron chi connectivity index (χ0n) is 10.6. The second kappa shape index (κ2) is 6.62. The largest absolute Gasteiger partial charge is 0.469 e. The molecule has 0 atom stereocenters. The fraction of sp³-hybridized carbons (Fsp3) is 0.154. The third-order valence-electron chi connectivity index (χ3n) is 2.44. The molecule has 5 nitrogen and oxygen atoms in total. The molecule has 2 rings (SSSR count). The Bertz CT molecular complexity index is 642. The molecule has 1 aromatic heterocycles. The summed E-state index contributed by atoms with van der Waals surface area (Å²) in [6.45, 7) is 0. The van der Waals surface area contributed by atoms with Gasteiger partial charge in [0.15, 0.2) is 5.13 Å². The Morgan fingerprint density at radius 1 is 1.40 bits per heavy atom. The maximum atomic E-state index is 12.1. The lowest BCUT2D eigenvalue weighted by molar-refractivity contribution is -0.139. The van der Waals surface area contributed by atoms with E-state index in [4.69, 9.17) is 0 Å². The lowest BCUT2D eigenvalue weighted by atomic mass is 10.2. The minimum atomic E-state index is -0.362. The highest BCUT2D eigenvalue weighted by Gasteiger charge is 2.13. The molecular weight excluding hydrogens is 344 g/mol. The first-order valence-corrected chi connectivity index (χ1v) is 7.34. The number of carbonyl (C=O) groups is 2. The van der Waals surface area contributed by atoms with Crippen LogP contribution in [-0.4, -0.2) is 24.0 Å². The van der Waals surface area contributed by atoms with Crippen molar-refractivity contribution in [3.8, 4) is 0 Å². The molecule has 104 valence electrons. The molecule has 0 bridgehead atoms. The van der Waals surface area contributed by atoms with Crippen molar-refractivity contribution in [2.24, 2.45) is 0 Å². The smallest absolute Gasteiger partial charge is 0.311 e. The fourth-order valence-corrected chi connectivity index (χ4v) is 2.65. The number of halogens is 1. The first kappa shape index (κ1) is 14.7. The first-order chi connectivity index (χ1) is 9.60. The highest BCUT2D eigenvalue weighted by molar-refractivity contribution is 9.10. The van der Waals surface area contributed by atoms with E-state index in [0.29, 0.717) is 20.9 Å². The number of methoxy groups -OCH3 is 1. The van der Waals surface area contributed by atoms with Crippen molar-refractivity contribution in [2.75, 3.05) is 12.4 Å². The third-order valence-corrected chi connectivity index (χ3v) is 3.94. The van der Waals surface area contributed by atoms with Gasteiger partial charge in [-0.3, -0.25) is 14.9 Å². The summed E-state index contributed by atoms with van der Waals surface area (Å²) in [4.78, 5) is 27.3. The van der Waals surface area contributed by atoms with Crippen molar-refractivity contribution in [2.45, 2.75) is 6.42 Å². The van der Waals surface area contributed by atoms with E-state index in [9.17, 15) is 9.59 Å². The number of nitrogens with zero attached hydrogens (tertiary/aromatic N) is 1. The highest BCUT2D eigenvalue weighted by atomic mass is 79.9. The highest BCUT2D eigenvalue weighted by Crippen LogP contribution is 2.20. The molecule has 2 aromatic rings. The van der Waals surface area contributed by atoms with Crippen LogP contribution >= 0.6 is 27.3 Å². The van der Waals surface area contributed by atoms with Gasteiger partial charge < -0.3 is 4.74 Å². The molecule has 0 spiro atoms. The number of aromatic nitrogens is 1. The summed E-state index contributed by atoms with van der Waals surface area (Å²) in [5.74, 6) is -0.615. The number of rotatable bonds is 4. The Balaban J connectivity index is 2.05. The molecule has 0 saturated carbocycles. The second-order valence-electron chi connectivity index (χ2n) is 3.83. The molecule has 20 heavy (non-hydrogen) atoms. The van der Waals surface area contributed by atoms with E-state index in [1.54, 1.807) is 23.6 Å². The van der Waals surface area contributed by atoms with Crippen LogP contribution in [0.4, 0.5) is 5.13 Å². The van der Waals surface area contributed by atoms with Crippen LogP contribution in [0.2, 0.25) is 0 Å². The van der Waals surface area contributed by atoms with Gasteiger partial charge in [-0.25, -0.2) is 4.98 Å². The van der Waals surface area contributed by atoms with Crippen molar-refractivity contribution < 1.29 is 14.3 Å². The monoisotopic (exact) mass is 354 g/mol. The number of hydrogen-bond acceptors (Lipinski definition) is 5. The molecule has 1 amide bonds. The van der Waals surface area contributed by atoms with Crippen LogP contribution in [0.3, 0.4) is 0 Å². The topological polar surface area (TPSA) is 68.3 Å². The van der Waals surface area contributed by atoms with Crippen LogP contribution in [0.15, 0.2) is 34.1 Å². The number of carbonyl (C=O) groups excluding carboxylic acids is 2. The molecule has 0 radical (unpaired) electrons. The SMILES string of the molecule is COC(=O)Cc1csc(NC(=O)c2ccccc2Br)n1. The minimum Gasteiger partial charge on any atom is -0.469 e. The van der Waals surface area contributed by atoms with E-state index in [0.717, 1.165) is 0 Å². The number of anilines is 1. The van der Waals surface area contributed by atoms with E-state index in [2.05, 4.69) is 31.0 Å². The lowest BCUT2D eigenvalue weighted by Gasteiger charge is -2.03. The summed E-state index contributed by atoms with van der Waals surface area (Å²) in [6.07, 6.45) is 0.0951. The number of ether oxygens (including phenoxy) is 1. The van der Waals surface area contributed by atoms with Crippen molar-refractivity contribution in [1.82, 2.24) is 4.98 Å². The Morgan fingerprint density at radius 3 is 2.85 bits per heavy atom. The van der Waals surface area contributed by atoms with Gasteiger partial charge in [0.1, 0.15) is 0 Å². The number of nitrogens with one attached hydrogen (secondary N) is 1. The van der Waals surface area contributed by atoms with Gasteiger partial charge in [-0.05, 0) is 28.1 Å². The van der Waals surface area contributed by atoms with Crippen LogP contribution in [0.25, 0.3) is 0 Å². The van der Waals surface area contributed by atoms with Gasteiger partial charge in [0.2, 0.25) is 0 Å².